The van der Waals surface area contributed by atoms with E-state index in [0.29, 0.717) is 5.56 Å². The topological polar surface area (TPSA) is 71.3 Å². The lowest BCUT2D eigenvalue weighted by molar-refractivity contribution is -0.139. The number of nitrogens with one attached hydrogen (secondary N) is 1. The van der Waals surface area contributed by atoms with Crippen LogP contribution in [0.2, 0.25) is 0 Å². The Labute approximate surface area is 116 Å². The Kier molecular flexibility index (Phi) is 4.20. The average Bonchev–Trinajstić information content (AvgIpc) is 2.86. The molecule has 2 rings (SSSR count). The van der Waals surface area contributed by atoms with Gasteiger partial charge in [-0.25, -0.2) is 4.79 Å². The Balaban J connectivity index is 2.06. The molecule has 2 N–H and O–H groups in total. The van der Waals surface area contributed by atoms with Gasteiger partial charge in [-0.3, -0.25) is 4.79 Å². The van der Waals surface area contributed by atoms with Gasteiger partial charge in [0.1, 0.15) is 6.04 Å². The van der Waals surface area contributed by atoms with Crippen molar-refractivity contribution in [2.45, 2.75) is 12.5 Å². The number of rotatable bonds is 5. The zero-order valence-corrected chi connectivity index (χ0v) is 11.1. The van der Waals surface area contributed by atoms with Crippen molar-refractivity contribution in [3.8, 4) is 0 Å². The molecule has 0 bridgehead atoms. The van der Waals surface area contributed by atoms with E-state index in [1.165, 1.54) is 0 Å². The minimum atomic E-state index is -1.04. The number of carbonyl (C=O) groups is 2. The van der Waals surface area contributed by atoms with Crippen LogP contribution in [0, 0.1) is 0 Å². The highest BCUT2D eigenvalue weighted by molar-refractivity contribution is 5.96. The fourth-order valence-corrected chi connectivity index (χ4v) is 1.93. The molecule has 0 aliphatic heterocycles. The highest BCUT2D eigenvalue weighted by atomic mass is 16.4. The number of benzene rings is 1. The highest BCUT2D eigenvalue weighted by Gasteiger charge is 2.21. The van der Waals surface area contributed by atoms with Gasteiger partial charge in [0.25, 0.3) is 5.91 Å². The number of aliphatic carboxylic acids is 1. The predicted octanol–water partition coefficient (Wildman–Crippen LogP) is 1.45. The molecule has 0 saturated heterocycles. The van der Waals surface area contributed by atoms with E-state index >= 15 is 0 Å². The molecular formula is C15H16N2O3. The molecule has 20 heavy (non-hydrogen) atoms. The summed E-state index contributed by atoms with van der Waals surface area (Å²) < 4.78 is 1.74. The Morgan fingerprint density at radius 1 is 1.25 bits per heavy atom. The molecule has 1 aromatic carbocycles. The van der Waals surface area contributed by atoms with E-state index in [1.54, 1.807) is 30.1 Å². The number of carboxylic acid groups (broad SMARTS) is 1. The maximum atomic E-state index is 12.0. The molecule has 0 aliphatic carbocycles. The molecular weight excluding hydrogens is 256 g/mol. The number of hydrogen-bond acceptors (Lipinski definition) is 2. The number of carboxylic acids is 1. The Morgan fingerprint density at radius 2 is 1.95 bits per heavy atom. The fourth-order valence-electron chi connectivity index (χ4n) is 1.93. The summed E-state index contributed by atoms with van der Waals surface area (Å²) in [6, 6.07) is 9.93. The smallest absolute Gasteiger partial charge is 0.326 e. The average molecular weight is 272 g/mol. The number of nitrogens with zero attached hydrogens (tertiary/aromatic N) is 1. The van der Waals surface area contributed by atoms with E-state index in [4.69, 9.17) is 0 Å². The monoisotopic (exact) mass is 272 g/mol. The first-order chi connectivity index (χ1) is 9.56. The Hall–Kier alpha value is -2.56. The van der Waals surface area contributed by atoms with Crippen LogP contribution in [0.15, 0.2) is 48.8 Å². The van der Waals surface area contributed by atoms with Gasteiger partial charge in [0, 0.05) is 25.9 Å². The molecule has 1 amide bonds. The third-order valence-corrected chi connectivity index (χ3v) is 2.98. The number of carbonyl (C=O) groups excluding carboxylic acids is 1. The van der Waals surface area contributed by atoms with Crippen LogP contribution in [0.4, 0.5) is 0 Å². The summed E-state index contributed by atoms with van der Waals surface area (Å²) in [6.45, 7) is 0. The SMILES string of the molecule is Cn1ccc(C(=O)N[C@@H](Cc2ccccc2)C(=O)O)c1. The van der Waals surface area contributed by atoms with Crippen LogP contribution in [0.1, 0.15) is 15.9 Å². The summed E-state index contributed by atoms with van der Waals surface area (Å²) in [6.07, 6.45) is 3.65. The van der Waals surface area contributed by atoms with Crippen molar-refractivity contribution in [1.82, 2.24) is 9.88 Å². The number of aromatic nitrogens is 1. The van der Waals surface area contributed by atoms with E-state index in [-0.39, 0.29) is 12.3 Å². The van der Waals surface area contributed by atoms with Gasteiger partial charge in [-0.1, -0.05) is 30.3 Å². The number of hydrogen-bond donors (Lipinski definition) is 2. The van der Waals surface area contributed by atoms with Gasteiger partial charge in [0.15, 0.2) is 0 Å². The largest absolute Gasteiger partial charge is 0.480 e. The Bertz CT molecular complexity index is 605. The van der Waals surface area contributed by atoms with Gasteiger partial charge < -0.3 is 15.0 Å². The second-order valence-corrected chi connectivity index (χ2v) is 4.62. The second-order valence-electron chi connectivity index (χ2n) is 4.62. The molecule has 0 unspecified atom stereocenters. The summed E-state index contributed by atoms with van der Waals surface area (Å²) >= 11 is 0. The lowest BCUT2D eigenvalue weighted by atomic mass is 10.1. The Morgan fingerprint density at radius 3 is 2.50 bits per heavy atom. The summed E-state index contributed by atoms with van der Waals surface area (Å²) in [5.41, 5.74) is 1.32. The molecule has 0 fully saturated rings. The minimum absolute atomic E-state index is 0.259. The predicted molar refractivity (Wildman–Crippen MR) is 74.4 cm³/mol. The fraction of sp³-hybridized carbons (Fsp3) is 0.200. The molecule has 1 heterocycles. The van der Waals surface area contributed by atoms with E-state index in [0.717, 1.165) is 5.56 Å². The van der Waals surface area contributed by atoms with Crippen molar-refractivity contribution in [1.29, 1.82) is 0 Å². The molecule has 5 heteroatoms. The molecule has 1 aromatic heterocycles. The first-order valence-electron chi connectivity index (χ1n) is 6.26. The van der Waals surface area contributed by atoms with Gasteiger partial charge in [0.05, 0.1) is 5.56 Å². The van der Waals surface area contributed by atoms with Crippen molar-refractivity contribution < 1.29 is 14.7 Å². The lowest BCUT2D eigenvalue weighted by Crippen LogP contribution is -2.42. The zero-order chi connectivity index (χ0) is 14.5. The van der Waals surface area contributed by atoms with Crippen LogP contribution in [0.25, 0.3) is 0 Å². The summed E-state index contributed by atoms with van der Waals surface area (Å²) in [7, 11) is 1.80. The normalized spacial score (nSPS) is 11.8. The molecule has 0 spiro atoms. The summed E-state index contributed by atoms with van der Waals surface area (Å²) in [4.78, 5) is 23.2. The molecule has 2 aromatic rings. The van der Waals surface area contributed by atoms with Crippen molar-refractivity contribution in [3.05, 3.63) is 59.9 Å². The molecule has 5 nitrogen and oxygen atoms in total. The van der Waals surface area contributed by atoms with Crippen LogP contribution in [0.5, 0.6) is 0 Å². The summed E-state index contributed by atoms with van der Waals surface area (Å²) in [5.74, 6) is -1.42. The zero-order valence-electron chi connectivity index (χ0n) is 11.1. The third kappa shape index (κ3) is 3.47. The van der Waals surface area contributed by atoms with Gasteiger partial charge in [-0.2, -0.15) is 0 Å². The van der Waals surface area contributed by atoms with Crippen molar-refractivity contribution >= 4 is 11.9 Å². The first kappa shape index (κ1) is 13.9. The van der Waals surface area contributed by atoms with E-state index in [2.05, 4.69) is 5.32 Å². The van der Waals surface area contributed by atoms with Crippen LogP contribution >= 0.6 is 0 Å². The van der Waals surface area contributed by atoms with Crippen molar-refractivity contribution in [2.75, 3.05) is 0 Å². The third-order valence-electron chi connectivity index (χ3n) is 2.98. The van der Waals surface area contributed by atoms with Gasteiger partial charge >= 0.3 is 5.97 Å². The maximum absolute atomic E-state index is 12.0. The standard InChI is InChI=1S/C15H16N2O3/c1-17-8-7-12(10-17)14(18)16-13(15(19)20)9-11-5-3-2-4-6-11/h2-8,10,13H,9H2,1H3,(H,16,18)(H,19,20)/t13-/m0/s1. The van der Waals surface area contributed by atoms with Crippen molar-refractivity contribution in [2.24, 2.45) is 7.05 Å². The number of aryl methyl sites for hydroxylation is 1. The first-order valence-corrected chi connectivity index (χ1v) is 6.26. The second kappa shape index (κ2) is 6.06. The van der Waals surface area contributed by atoms with Gasteiger partial charge in [-0.15, -0.1) is 0 Å². The maximum Gasteiger partial charge on any atom is 0.326 e. The van der Waals surface area contributed by atoms with Crippen LogP contribution < -0.4 is 5.32 Å². The molecule has 0 saturated carbocycles. The van der Waals surface area contributed by atoms with Crippen LogP contribution in [-0.2, 0) is 18.3 Å². The van der Waals surface area contributed by atoms with Crippen LogP contribution in [0.3, 0.4) is 0 Å². The van der Waals surface area contributed by atoms with Gasteiger partial charge in [-0.05, 0) is 11.6 Å². The highest BCUT2D eigenvalue weighted by Crippen LogP contribution is 2.05. The van der Waals surface area contributed by atoms with E-state index in [9.17, 15) is 14.7 Å². The van der Waals surface area contributed by atoms with Gasteiger partial charge in [0.2, 0.25) is 0 Å². The van der Waals surface area contributed by atoms with E-state index in [1.807, 2.05) is 30.3 Å². The van der Waals surface area contributed by atoms with Crippen LogP contribution in [-0.4, -0.2) is 27.6 Å². The van der Waals surface area contributed by atoms with Crippen molar-refractivity contribution in [3.63, 3.8) is 0 Å². The molecule has 104 valence electrons. The quantitative estimate of drug-likeness (QED) is 0.865. The molecule has 0 radical (unpaired) electrons. The minimum Gasteiger partial charge on any atom is -0.480 e. The molecule has 1 atom stereocenters. The summed E-state index contributed by atoms with van der Waals surface area (Å²) in [5, 5.41) is 11.8. The molecule has 0 aliphatic rings. The lowest BCUT2D eigenvalue weighted by Gasteiger charge is -2.14. The van der Waals surface area contributed by atoms with E-state index < -0.39 is 12.0 Å². The number of amides is 1.